The van der Waals surface area contributed by atoms with Crippen LogP contribution in [0.4, 0.5) is 0 Å². The van der Waals surface area contributed by atoms with Crippen LogP contribution >= 0.6 is 0 Å². The predicted molar refractivity (Wildman–Crippen MR) is 82.6 cm³/mol. The zero-order chi connectivity index (χ0) is 16.9. The number of nitrogens with zero attached hydrogens (tertiary/aromatic N) is 2. The summed E-state index contributed by atoms with van der Waals surface area (Å²) in [6.45, 7) is 2.55. The largest absolute Gasteiger partial charge is 0.481 e. The second-order valence-electron chi connectivity index (χ2n) is 6.25. The molecule has 2 aliphatic heterocycles. The van der Waals surface area contributed by atoms with Crippen LogP contribution < -0.4 is 5.32 Å². The SMILES string of the molecule is C#CCCC1(CCC(=O)NC(C)C2(C(=O)O)CCOCC2)N=N1. The van der Waals surface area contributed by atoms with Crippen LogP contribution in [0, 0.1) is 17.8 Å². The van der Waals surface area contributed by atoms with Gasteiger partial charge in [0.25, 0.3) is 0 Å². The Balaban J connectivity index is 1.84. The minimum Gasteiger partial charge on any atom is -0.481 e. The maximum Gasteiger partial charge on any atom is 0.311 e. The molecular weight excluding hydrogens is 298 g/mol. The molecule has 0 aromatic carbocycles. The summed E-state index contributed by atoms with van der Waals surface area (Å²) in [4.78, 5) is 23.8. The van der Waals surface area contributed by atoms with Crippen LogP contribution in [0.5, 0.6) is 0 Å². The average molecular weight is 321 g/mol. The molecule has 0 radical (unpaired) electrons. The van der Waals surface area contributed by atoms with Gasteiger partial charge in [-0.1, -0.05) is 0 Å². The van der Waals surface area contributed by atoms with E-state index in [0.29, 0.717) is 45.3 Å². The van der Waals surface area contributed by atoms with Crippen LogP contribution in [-0.2, 0) is 14.3 Å². The van der Waals surface area contributed by atoms with Gasteiger partial charge in [0, 0.05) is 44.9 Å². The van der Waals surface area contributed by atoms with E-state index < -0.39 is 23.1 Å². The summed E-state index contributed by atoms with van der Waals surface area (Å²) < 4.78 is 5.25. The Morgan fingerprint density at radius 2 is 2.00 bits per heavy atom. The topological polar surface area (TPSA) is 100 Å². The molecule has 0 spiro atoms. The van der Waals surface area contributed by atoms with Crippen LogP contribution in [0.25, 0.3) is 0 Å². The smallest absolute Gasteiger partial charge is 0.311 e. The van der Waals surface area contributed by atoms with E-state index in [2.05, 4.69) is 21.5 Å². The number of rotatable bonds is 8. The van der Waals surface area contributed by atoms with Gasteiger partial charge in [-0.25, -0.2) is 0 Å². The number of hydrogen-bond acceptors (Lipinski definition) is 5. The Bertz CT molecular complexity index is 526. The van der Waals surface area contributed by atoms with E-state index in [1.165, 1.54) is 0 Å². The van der Waals surface area contributed by atoms with Gasteiger partial charge in [-0.05, 0) is 19.8 Å². The van der Waals surface area contributed by atoms with Gasteiger partial charge in [0.2, 0.25) is 5.91 Å². The molecule has 7 heteroatoms. The van der Waals surface area contributed by atoms with Gasteiger partial charge in [0.15, 0.2) is 5.66 Å². The van der Waals surface area contributed by atoms with Gasteiger partial charge in [-0.3, -0.25) is 9.59 Å². The van der Waals surface area contributed by atoms with Gasteiger partial charge < -0.3 is 15.2 Å². The van der Waals surface area contributed by atoms with E-state index in [4.69, 9.17) is 11.2 Å². The lowest BCUT2D eigenvalue weighted by atomic mass is 9.74. The number of ether oxygens (including phenoxy) is 1. The summed E-state index contributed by atoms with van der Waals surface area (Å²) in [5.41, 5.74) is -1.44. The summed E-state index contributed by atoms with van der Waals surface area (Å²) in [7, 11) is 0. The number of carbonyl (C=O) groups excluding carboxylic acids is 1. The van der Waals surface area contributed by atoms with E-state index in [1.807, 2.05) is 0 Å². The van der Waals surface area contributed by atoms with Crippen molar-refractivity contribution < 1.29 is 19.4 Å². The number of nitrogens with one attached hydrogen (secondary N) is 1. The molecule has 2 N–H and O–H groups in total. The number of carboxylic acid groups (broad SMARTS) is 1. The molecule has 1 saturated heterocycles. The Kier molecular flexibility index (Phi) is 5.37. The highest BCUT2D eigenvalue weighted by Crippen LogP contribution is 2.38. The average Bonchev–Trinajstić information content (AvgIpc) is 3.32. The molecule has 0 bridgehead atoms. The quantitative estimate of drug-likeness (QED) is 0.665. The summed E-state index contributed by atoms with van der Waals surface area (Å²) >= 11 is 0. The van der Waals surface area contributed by atoms with Gasteiger partial charge >= 0.3 is 5.97 Å². The normalized spacial score (nSPS) is 21.9. The van der Waals surface area contributed by atoms with Crippen LogP contribution in [0.2, 0.25) is 0 Å². The van der Waals surface area contributed by atoms with Crippen LogP contribution in [0.3, 0.4) is 0 Å². The fourth-order valence-corrected chi connectivity index (χ4v) is 3.00. The van der Waals surface area contributed by atoms with Crippen molar-refractivity contribution >= 4 is 11.9 Å². The minimum atomic E-state index is -0.955. The third kappa shape index (κ3) is 4.08. The fourth-order valence-electron chi connectivity index (χ4n) is 3.00. The molecule has 1 amide bonds. The highest BCUT2D eigenvalue weighted by Gasteiger charge is 2.46. The van der Waals surface area contributed by atoms with E-state index in [1.54, 1.807) is 6.92 Å². The third-order valence-electron chi connectivity index (χ3n) is 4.82. The number of hydrogen-bond donors (Lipinski definition) is 2. The van der Waals surface area contributed by atoms with Gasteiger partial charge in [-0.2, -0.15) is 10.2 Å². The summed E-state index contributed by atoms with van der Waals surface area (Å²) in [6.07, 6.45) is 8.04. The molecular formula is C16H23N3O4. The molecule has 1 unspecified atom stereocenters. The maximum atomic E-state index is 12.2. The van der Waals surface area contributed by atoms with Crippen LogP contribution in [-0.4, -0.2) is 41.9 Å². The third-order valence-corrected chi connectivity index (χ3v) is 4.82. The predicted octanol–water partition coefficient (Wildman–Crippen LogP) is 1.73. The van der Waals surface area contributed by atoms with Gasteiger partial charge in [0.05, 0.1) is 5.41 Å². The monoisotopic (exact) mass is 321 g/mol. The first-order valence-corrected chi connectivity index (χ1v) is 7.92. The van der Waals surface area contributed by atoms with E-state index >= 15 is 0 Å². The Hall–Kier alpha value is -1.94. The second-order valence-corrected chi connectivity index (χ2v) is 6.25. The molecule has 23 heavy (non-hydrogen) atoms. The molecule has 0 aromatic rings. The second kappa shape index (κ2) is 7.09. The number of terminal acetylenes is 1. The highest BCUT2D eigenvalue weighted by molar-refractivity contribution is 5.80. The van der Waals surface area contributed by atoms with Crippen molar-refractivity contribution in [2.45, 2.75) is 57.2 Å². The van der Waals surface area contributed by atoms with Crippen molar-refractivity contribution in [3.8, 4) is 12.3 Å². The minimum absolute atomic E-state index is 0.179. The van der Waals surface area contributed by atoms with Crippen LogP contribution in [0.15, 0.2) is 10.2 Å². The maximum absolute atomic E-state index is 12.2. The van der Waals surface area contributed by atoms with Crippen molar-refractivity contribution in [1.82, 2.24) is 5.32 Å². The van der Waals surface area contributed by atoms with Crippen molar-refractivity contribution in [2.75, 3.05) is 13.2 Å². The molecule has 2 heterocycles. The van der Waals surface area contributed by atoms with Gasteiger partial charge in [0.1, 0.15) is 0 Å². The number of carboxylic acids is 1. The van der Waals surface area contributed by atoms with Crippen molar-refractivity contribution in [3.05, 3.63) is 0 Å². The molecule has 2 rings (SSSR count). The van der Waals surface area contributed by atoms with E-state index in [0.717, 1.165) is 0 Å². The van der Waals surface area contributed by atoms with Crippen molar-refractivity contribution in [1.29, 1.82) is 0 Å². The first kappa shape index (κ1) is 17.4. The summed E-state index contributed by atoms with van der Waals surface area (Å²) in [5.74, 6) is 1.48. The number of carbonyl (C=O) groups is 2. The van der Waals surface area contributed by atoms with E-state index in [9.17, 15) is 14.7 Å². The Morgan fingerprint density at radius 1 is 1.35 bits per heavy atom. The zero-order valence-electron chi connectivity index (χ0n) is 13.4. The standard InChI is InChI=1S/C16H23N3O4/c1-3-4-6-16(18-19-16)7-5-13(20)17-12(2)15(14(21)22)8-10-23-11-9-15/h1,12H,4-11H2,2H3,(H,17,20)(H,21,22). The lowest BCUT2D eigenvalue weighted by Gasteiger charge is -2.38. The molecule has 2 aliphatic rings. The number of amides is 1. The molecule has 1 atom stereocenters. The molecule has 7 nitrogen and oxygen atoms in total. The molecule has 0 aromatic heterocycles. The molecule has 1 fully saturated rings. The molecule has 0 aliphatic carbocycles. The van der Waals surface area contributed by atoms with E-state index in [-0.39, 0.29) is 12.3 Å². The first-order valence-electron chi connectivity index (χ1n) is 7.92. The Morgan fingerprint density at radius 3 is 2.52 bits per heavy atom. The molecule has 0 saturated carbocycles. The molecule has 126 valence electrons. The first-order chi connectivity index (χ1) is 10.9. The van der Waals surface area contributed by atoms with Crippen molar-refractivity contribution in [3.63, 3.8) is 0 Å². The lowest BCUT2D eigenvalue weighted by Crippen LogP contribution is -2.53. The highest BCUT2D eigenvalue weighted by atomic mass is 16.5. The fraction of sp³-hybridized carbons (Fsp3) is 0.750. The number of aliphatic carboxylic acids is 1. The van der Waals surface area contributed by atoms with Crippen LogP contribution in [0.1, 0.15) is 45.4 Å². The lowest BCUT2D eigenvalue weighted by molar-refractivity contribution is -0.157. The zero-order valence-corrected chi connectivity index (χ0v) is 13.4. The summed E-state index contributed by atoms with van der Waals surface area (Å²) in [6, 6.07) is -0.453. The Labute approximate surface area is 135 Å². The van der Waals surface area contributed by atoms with Crippen molar-refractivity contribution in [2.24, 2.45) is 15.6 Å². The van der Waals surface area contributed by atoms with Gasteiger partial charge in [-0.15, -0.1) is 12.3 Å². The summed E-state index contributed by atoms with van der Waals surface area (Å²) in [5, 5.41) is 20.4.